The highest BCUT2D eigenvalue weighted by atomic mass is 32.2. The van der Waals surface area contributed by atoms with E-state index < -0.39 is 22.4 Å². The van der Waals surface area contributed by atoms with Crippen LogP contribution in [0.2, 0.25) is 0 Å². The second kappa shape index (κ2) is 4.14. The molecule has 1 aliphatic carbocycles. The van der Waals surface area contributed by atoms with E-state index in [0.717, 1.165) is 19.3 Å². The molecule has 0 unspecified atom stereocenters. The van der Waals surface area contributed by atoms with Gasteiger partial charge in [0, 0.05) is 0 Å². The molecule has 0 saturated heterocycles. The number of carboxylic acid groups (broad SMARTS) is 1. The van der Waals surface area contributed by atoms with Crippen LogP contribution in [-0.2, 0) is 10.3 Å². The van der Waals surface area contributed by atoms with E-state index in [1.165, 1.54) is 0 Å². The molecule has 1 amide bonds. The maximum atomic E-state index is 10.8. The molecule has 1 rings (SSSR count). The van der Waals surface area contributed by atoms with Crippen molar-refractivity contribution in [3.8, 4) is 0 Å². The van der Waals surface area contributed by atoms with Crippen molar-refractivity contribution in [3.05, 3.63) is 0 Å². The summed E-state index contributed by atoms with van der Waals surface area (Å²) in [4.78, 5) is 10.6. The molecule has 1 aliphatic rings. The fraction of sp³-hybridized carbons (Fsp3) is 0.857. The summed E-state index contributed by atoms with van der Waals surface area (Å²) >= 11 is 0. The minimum Gasteiger partial charge on any atom is -0.464 e. The van der Waals surface area contributed by atoms with Gasteiger partial charge in [-0.2, -0.15) is 12.7 Å². The Labute approximate surface area is 82.4 Å². The van der Waals surface area contributed by atoms with E-state index in [2.05, 4.69) is 0 Å². The highest BCUT2D eigenvalue weighted by molar-refractivity contribution is 7.84. The predicted octanol–water partition coefficient (Wildman–Crippen LogP) is 1.10. The molecule has 0 aromatic rings. The molecule has 1 saturated carbocycles. The Morgan fingerprint density at radius 1 is 1.21 bits per heavy atom. The second-order valence-electron chi connectivity index (χ2n) is 3.35. The summed E-state index contributed by atoms with van der Waals surface area (Å²) in [7, 11) is -4.63. The van der Waals surface area contributed by atoms with Crippen LogP contribution in [0.1, 0.15) is 32.1 Å². The molecule has 7 heteroatoms. The van der Waals surface area contributed by atoms with Gasteiger partial charge in [-0.05, 0) is 12.8 Å². The van der Waals surface area contributed by atoms with Gasteiger partial charge in [0.05, 0.1) is 6.04 Å². The van der Waals surface area contributed by atoms with Gasteiger partial charge in [-0.15, -0.1) is 0 Å². The zero-order valence-corrected chi connectivity index (χ0v) is 8.40. The maximum Gasteiger partial charge on any atom is 0.423 e. The Hall–Kier alpha value is -0.820. The number of hydrogen-bond acceptors (Lipinski definition) is 3. The fourth-order valence-corrected chi connectivity index (χ4v) is 2.54. The van der Waals surface area contributed by atoms with Crippen LogP contribution in [0.3, 0.4) is 0 Å². The summed E-state index contributed by atoms with van der Waals surface area (Å²) < 4.78 is 30.4. The Balaban J connectivity index is 2.82. The summed E-state index contributed by atoms with van der Waals surface area (Å²) in [5, 5.41) is 8.65. The largest absolute Gasteiger partial charge is 0.464 e. The van der Waals surface area contributed by atoms with Crippen LogP contribution >= 0.6 is 0 Å². The first-order chi connectivity index (χ1) is 6.43. The van der Waals surface area contributed by atoms with Gasteiger partial charge >= 0.3 is 16.4 Å². The summed E-state index contributed by atoms with van der Waals surface area (Å²) in [5.41, 5.74) is 0. The van der Waals surface area contributed by atoms with Crippen molar-refractivity contribution in [3.63, 3.8) is 0 Å². The Morgan fingerprint density at radius 2 is 1.71 bits per heavy atom. The molecule has 14 heavy (non-hydrogen) atoms. The molecular weight excluding hydrogens is 210 g/mol. The second-order valence-corrected chi connectivity index (χ2v) is 4.64. The lowest BCUT2D eigenvalue weighted by molar-refractivity contribution is 0.147. The SMILES string of the molecule is O=C(O)N(C1CCCCC1)S(=O)(=O)O. The number of nitrogens with zero attached hydrogens (tertiary/aromatic N) is 1. The van der Waals surface area contributed by atoms with Gasteiger partial charge in [-0.3, -0.25) is 4.55 Å². The summed E-state index contributed by atoms with van der Waals surface area (Å²) in [6, 6.07) is -0.601. The smallest absolute Gasteiger partial charge is 0.423 e. The molecule has 0 atom stereocenters. The first-order valence-corrected chi connectivity index (χ1v) is 5.82. The minimum absolute atomic E-state index is 0.159. The first-order valence-electron chi connectivity index (χ1n) is 4.42. The van der Waals surface area contributed by atoms with Crippen molar-refractivity contribution in [1.29, 1.82) is 0 Å². The standard InChI is InChI=1S/C7H13NO5S/c9-7(10)8(14(11,12)13)6-4-2-1-3-5-6/h6H,1-5H2,(H,9,10)(H,11,12,13). The van der Waals surface area contributed by atoms with Crippen LogP contribution in [-0.4, -0.2) is 34.5 Å². The minimum atomic E-state index is -4.63. The Kier molecular flexibility index (Phi) is 3.33. The molecule has 0 bridgehead atoms. The van der Waals surface area contributed by atoms with Crippen molar-refractivity contribution < 1.29 is 22.9 Å². The zero-order chi connectivity index (χ0) is 10.8. The van der Waals surface area contributed by atoms with E-state index in [0.29, 0.717) is 12.8 Å². The van der Waals surface area contributed by atoms with E-state index >= 15 is 0 Å². The average Bonchev–Trinajstić information content (AvgIpc) is 2.02. The molecule has 0 aromatic heterocycles. The third-order valence-corrected chi connectivity index (χ3v) is 3.29. The van der Waals surface area contributed by atoms with Gasteiger partial charge in [0.1, 0.15) is 0 Å². The molecule has 0 heterocycles. The highest BCUT2D eigenvalue weighted by Gasteiger charge is 2.33. The molecule has 82 valence electrons. The number of hydrogen-bond donors (Lipinski definition) is 2. The van der Waals surface area contributed by atoms with Crippen LogP contribution in [0, 0.1) is 0 Å². The molecule has 6 nitrogen and oxygen atoms in total. The summed E-state index contributed by atoms with van der Waals surface area (Å²) in [6.45, 7) is 0. The molecule has 0 aromatic carbocycles. The van der Waals surface area contributed by atoms with Crippen molar-refractivity contribution in [1.82, 2.24) is 4.31 Å². The van der Waals surface area contributed by atoms with Crippen molar-refractivity contribution in [2.24, 2.45) is 0 Å². The highest BCUT2D eigenvalue weighted by Crippen LogP contribution is 2.24. The van der Waals surface area contributed by atoms with Gasteiger partial charge in [0.15, 0.2) is 0 Å². The number of carbonyl (C=O) groups is 1. The van der Waals surface area contributed by atoms with Crippen LogP contribution < -0.4 is 0 Å². The molecular formula is C7H13NO5S. The predicted molar refractivity (Wildman–Crippen MR) is 48.3 cm³/mol. The van der Waals surface area contributed by atoms with E-state index in [1.807, 2.05) is 0 Å². The van der Waals surface area contributed by atoms with E-state index in [9.17, 15) is 13.2 Å². The first kappa shape index (κ1) is 11.3. The lowest BCUT2D eigenvalue weighted by Crippen LogP contribution is -2.44. The van der Waals surface area contributed by atoms with Crippen molar-refractivity contribution in [2.75, 3.05) is 0 Å². The van der Waals surface area contributed by atoms with Crippen molar-refractivity contribution >= 4 is 16.4 Å². The van der Waals surface area contributed by atoms with E-state index in [4.69, 9.17) is 9.66 Å². The van der Waals surface area contributed by atoms with E-state index in [-0.39, 0.29) is 4.31 Å². The quantitative estimate of drug-likeness (QED) is 0.683. The summed E-state index contributed by atoms with van der Waals surface area (Å²) in [6.07, 6.45) is 1.95. The van der Waals surface area contributed by atoms with Gasteiger partial charge in [0.25, 0.3) is 0 Å². The van der Waals surface area contributed by atoms with Crippen molar-refractivity contribution in [2.45, 2.75) is 38.1 Å². The average molecular weight is 223 g/mol. The molecule has 0 aliphatic heterocycles. The molecule has 0 radical (unpaired) electrons. The lowest BCUT2D eigenvalue weighted by atomic mass is 9.96. The zero-order valence-electron chi connectivity index (χ0n) is 7.59. The third-order valence-electron chi connectivity index (χ3n) is 2.34. The molecule has 1 fully saturated rings. The summed E-state index contributed by atoms with van der Waals surface area (Å²) in [5.74, 6) is 0. The fourth-order valence-electron chi connectivity index (χ4n) is 1.76. The molecule has 2 N–H and O–H groups in total. The van der Waals surface area contributed by atoms with E-state index in [1.54, 1.807) is 0 Å². The van der Waals surface area contributed by atoms with Gasteiger partial charge in [-0.1, -0.05) is 19.3 Å². The maximum absolute atomic E-state index is 10.8. The lowest BCUT2D eigenvalue weighted by Gasteiger charge is -2.28. The van der Waals surface area contributed by atoms with Crippen LogP contribution in [0.5, 0.6) is 0 Å². The van der Waals surface area contributed by atoms with Crippen LogP contribution in [0.25, 0.3) is 0 Å². The number of amides is 1. The van der Waals surface area contributed by atoms with Gasteiger partial charge in [-0.25, -0.2) is 4.79 Å². The van der Waals surface area contributed by atoms with Gasteiger partial charge in [0.2, 0.25) is 0 Å². The Bertz CT molecular complexity index is 306. The molecule has 0 spiro atoms. The third kappa shape index (κ3) is 2.58. The van der Waals surface area contributed by atoms with Crippen LogP contribution in [0.15, 0.2) is 0 Å². The Morgan fingerprint density at radius 3 is 2.07 bits per heavy atom. The number of rotatable bonds is 2. The topological polar surface area (TPSA) is 94.9 Å². The van der Waals surface area contributed by atoms with Crippen LogP contribution in [0.4, 0.5) is 4.79 Å². The van der Waals surface area contributed by atoms with Gasteiger partial charge < -0.3 is 5.11 Å². The monoisotopic (exact) mass is 223 g/mol. The normalized spacial score (nSPS) is 19.2.